The van der Waals surface area contributed by atoms with Crippen LogP contribution in [0.25, 0.3) is 0 Å². The predicted molar refractivity (Wildman–Crippen MR) is 73.4 cm³/mol. The minimum atomic E-state index is 0.123. The van der Waals surface area contributed by atoms with Crippen LogP contribution in [-0.4, -0.2) is 23.4 Å². The number of aromatic nitrogens is 2. The van der Waals surface area contributed by atoms with E-state index >= 15 is 0 Å². The Balaban J connectivity index is 2.34. The lowest BCUT2D eigenvalue weighted by atomic mass is 10.2. The largest absolute Gasteiger partial charge is 0.496 e. The summed E-state index contributed by atoms with van der Waals surface area (Å²) in [7, 11) is 1.62. The van der Waals surface area contributed by atoms with Gasteiger partial charge in [0.05, 0.1) is 12.7 Å². The van der Waals surface area contributed by atoms with Gasteiger partial charge in [-0.1, -0.05) is 11.6 Å². The van der Waals surface area contributed by atoms with Crippen LogP contribution in [-0.2, 0) is 0 Å². The van der Waals surface area contributed by atoms with Crippen LogP contribution in [0.1, 0.15) is 15.9 Å². The number of hydrogen-bond donors (Lipinski definition) is 1. The Bertz CT molecular complexity index is 617. The fraction of sp³-hybridized carbons (Fsp3) is 0.154. The van der Waals surface area contributed by atoms with Gasteiger partial charge < -0.3 is 10.1 Å². The van der Waals surface area contributed by atoms with Gasteiger partial charge in [0, 0.05) is 5.69 Å². The zero-order valence-electron chi connectivity index (χ0n) is 10.5. The van der Waals surface area contributed by atoms with Gasteiger partial charge in [0.1, 0.15) is 23.0 Å². The van der Waals surface area contributed by atoms with Gasteiger partial charge in [0.15, 0.2) is 6.29 Å². The number of halogens is 1. The third kappa shape index (κ3) is 2.82. The quantitative estimate of drug-likeness (QED) is 0.687. The summed E-state index contributed by atoms with van der Waals surface area (Å²) < 4.78 is 5.18. The molecule has 1 aromatic heterocycles. The summed E-state index contributed by atoms with van der Waals surface area (Å²) in [6, 6.07) is 5.56. The van der Waals surface area contributed by atoms with Gasteiger partial charge in [0.25, 0.3) is 0 Å². The summed E-state index contributed by atoms with van der Waals surface area (Å²) in [4.78, 5) is 18.8. The van der Waals surface area contributed by atoms with Crippen LogP contribution in [0, 0.1) is 6.92 Å². The molecule has 19 heavy (non-hydrogen) atoms. The molecule has 0 amide bonds. The van der Waals surface area contributed by atoms with E-state index in [0.29, 0.717) is 12.1 Å². The summed E-state index contributed by atoms with van der Waals surface area (Å²) in [5.41, 5.74) is 1.99. The summed E-state index contributed by atoms with van der Waals surface area (Å²) in [6.45, 7) is 1.93. The highest BCUT2D eigenvalue weighted by Gasteiger charge is 2.09. The Morgan fingerprint density at radius 1 is 1.37 bits per heavy atom. The van der Waals surface area contributed by atoms with Crippen molar-refractivity contribution in [2.24, 2.45) is 0 Å². The Morgan fingerprint density at radius 3 is 2.79 bits per heavy atom. The minimum absolute atomic E-state index is 0.123. The van der Waals surface area contributed by atoms with Crippen molar-refractivity contribution in [1.29, 1.82) is 0 Å². The zero-order valence-corrected chi connectivity index (χ0v) is 11.2. The summed E-state index contributed by atoms with van der Waals surface area (Å²) in [6.07, 6.45) is 1.93. The molecule has 98 valence electrons. The molecule has 2 aromatic rings. The SMILES string of the molecule is COc1ccc(Nc2ncnc(Cl)c2C=O)cc1C. The van der Waals surface area contributed by atoms with Crippen molar-refractivity contribution in [3.63, 3.8) is 0 Å². The monoisotopic (exact) mass is 277 g/mol. The summed E-state index contributed by atoms with van der Waals surface area (Å²) in [5.74, 6) is 1.17. The first-order valence-electron chi connectivity index (χ1n) is 5.53. The number of carbonyl (C=O) groups is 1. The van der Waals surface area contributed by atoms with Crippen molar-refractivity contribution in [3.8, 4) is 5.75 Å². The van der Waals surface area contributed by atoms with Crippen molar-refractivity contribution in [2.45, 2.75) is 6.92 Å². The lowest BCUT2D eigenvalue weighted by Crippen LogP contribution is -2.01. The molecule has 2 rings (SSSR count). The molecule has 0 aliphatic heterocycles. The molecule has 0 saturated heterocycles. The Hall–Kier alpha value is -2.14. The molecule has 0 unspecified atom stereocenters. The molecule has 0 atom stereocenters. The third-order valence-electron chi connectivity index (χ3n) is 2.61. The first-order chi connectivity index (χ1) is 9.15. The molecule has 1 N–H and O–H groups in total. The number of benzene rings is 1. The van der Waals surface area contributed by atoms with Crippen LogP contribution < -0.4 is 10.1 Å². The van der Waals surface area contributed by atoms with Crippen LogP contribution in [0.4, 0.5) is 11.5 Å². The second-order valence-electron chi connectivity index (χ2n) is 3.85. The number of aryl methyl sites for hydroxylation is 1. The molecular weight excluding hydrogens is 266 g/mol. The zero-order chi connectivity index (χ0) is 13.8. The molecule has 6 heteroatoms. The lowest BCUT2D eigenvalue weighted by molar-refractivity contribution is 0.112. The molecule has 0 bridgehead atoms. The van der Waals surface area contributed by atoms with Gasteiger partial charge in [-0.3, -0.25) is 4.79 Å². The van der Waals surface area contributed by atoms with Gasteiger partial charge in [-0.15, -0.1) is 0 Å². The number of ether oxygens (including phenoxy) is 1. The van der Waals surface area contributed by atoms with E-state index in [9.17, 15) is 4.79 Å². The average molecular weight is 278 g/mol. The molecule has 1 heterocycles. The van der Waals surface area contributed by atoms with Gasteiger partial charge in [-0.2, -0.15) is 0 Å². The van der Waals surface area contributed by atoms with Gasteiger partial charge in [0.2, 0.25) is 0 Å². The smallest absolute Gasteiger partial charge is 0.156 e. The Kier molecular flexibility index (Phi) is 3.97. The van der Waals surface area contributed by atoms with Crippen LogP contribution >= 0.6 is 11.6 Å². The lowest BCUT2D eigenvalue weighted by Gasteiger charge is -2.10. The van der Waals surface area contributed by atoms with E-state index in [0.717, 1.165) is 17.0 Å². The molecule has 5 nitrogen and oxygen atoms in total. The highest BCUT2D eigenvalue weighted by molar-refractivity contribution is 6.32. The number of carbonyl (C=O) groups excluding carboxylic acids is 1. The Morgan fingerprint density at radius 2 is 2.16 bits per heavy atom. The average Bonchev–Trinajstić information content (AvgIpc) is 2.39. The van der Waals surface area contributed by atoms with Crippen molar-refractivity contribution in [1.82, 2.24) is 9.97 Å². The van der Waals surface area contributed by atoms with E-state index < -0.39 is 0 Å². The van der Waals surface area contributed by atoms with Crippen LogP contribution in [0.5, 0.6) is 5.75 Å². The van der Waals surface area contributed by atoms with Crippen molar-refractivity contribution in [2.75, 3.05) is 12.4 Å². The van der Waals surface area contributed by atoms with E-state index in [1.165, 1.54) is 6.33 Å². The molecule has 1 aromatic carbocycles. The van der Waals surface area contributed by atoms with Crippen molar-refractivity contribution < 1.29 is 9.53 Å². The maximum atomic E-state index is 11.0. The maximum absolute atomic E-state index is 11.0. The number of nitrogens with one attached hydrogen (secondary N) is 1. The fourth-order valence-electron chi connectivity index (χ4n) is 1.67. The number of anilines is 2. The third-order valence-corrected chi connectivity index (χ3v) is 2.91. The molecular formula is C13H12ClN3O2. The summed E-state index contributed by atoms with van der Waals surface area (Å²) >= 11 is 5.83. The molecule has 0 fully saturated rings. The van der Waals surface area contributed by atoms with E-state index in [4.69, 9.17) is 16.3 Å². The topological polar surface area (TPSA) is 64.1 Å². The first-order valence-corrected chi connectivity index (χ1v) is 5.91. The highest BCUT2D eigenvalue weighted by atomic mass is 35.5. The second kappa shape index (κ2) is 5.67. The van der Waals surface area contributed by atoms with E-state index in [2.05, 4.69) is 15.3 Å². The Labute approximate surface area is 115 Å². The van der Waals surface area contributed by atoms with Gasteiger partial charge in [-0.25, -0.2) is 9.97 Å². The first kappa shape index (κ1) is 13.3. The fourth-order valence-corrected chi connectivity index (χ4v) is 1.85. The van der Waals surface area contributed by atoms with Crippen molar-refractivity contribution in [3.05, 3.63) is 40.8 Å². The molecule has 0 aliphatic rings. The number of hydrogen-bond acceptors (Lipinski definition) is 5. The number of nitrogens with zero attached hydrogens (tertiary/aromatic N) is 2. The molecule has 0 saturated carbocycles. The van der Waals surface area contributed by atoms with Crippen LogP contribution in [0.3, 0.4) is 0 Å². The van der Waals surface area contributed by atoms with Gasteiger partial charge >= 0.3 is 0 Å². The molecule has 0 aliphatic carbocycles. The summed E-state index contributed by atoms with van der Waals surface area (Å²) in [5, 5.41) is 3.16. The standard InChI is InChI=1S/C13H12ClN3O2/c1-8-5-9(3-4-11(8)19-2)17-13-10(6-18)12(14)15-7-16-13/h3-7H,1-2H3,(H,15,16,17). The van der Waals surface area contributed by atoms with E-state index in [1.807, 2.05) is 25.1 Å². The van der Waals surface area contributed by atoms with E-state index in [1.54, 1.807) is 7.11 Å². The van der Waals surface area contributed by atoms with Crippen LogP contribution in [0.15, 0.2) is 24.5 Å². The maximum Gasteiger partial charge on any atom is 0.156 e. The second-order valence-corrected chi connectivity index (χ2v) is 4.21. The number of aldehydes is 1. The van der Waals surface area contributed by atoms with E-state index in [-0.39, 0.29) is 10.7 Å². The highest BCUT2D eigenvalue weighted by Crippen LogP contribution is 2.25. The number of methoxy groups -OCH3 is 1. The molecule has 0 spiro atoms. The normalized spacial score (nSPS) is 10.1. The van der Waals surface area contributed by atoms with Crippen LogP contribution in [0.2, 0.25) is 5.15 Å². The van der Waals surface area contributed by atoms with Crippen molar-refractivity contribution >= 4 is 29.4 Å². The predicted octanol–water partition coefficient (Wildman–Crippen LogP) is 3.00. The molecule has 0 radical (unpaired) electrons. The van der Waals surface area contributed by atoms with Gasteiger partial charge in [-0.05, 0) is 30.7 Å². The minimum Gasteiger partial charge on any atom is -0.496 e. The number of rotatable bonds is 4.